The Bertz CT molecular complexity index is 580. The molecule has 1 heterocycles. The Morgan fingerprint density at radius 3 is 2.60 bits per heavy atom. The van der Waals surface area contributed by atoms with Crippen LogP contribution in [0.5, 0.6) is 0 Å². The summed E-state index contributed by atoms with van der Waals surface area (Å²) in [5.74, 6) is -0.517. The van der Waals surface area contributed by atoms with Crippen LogP contribution >= 0.6 is 0 Å². The molecule has 1 atom stereocenters. The van der Waals surface area contributed by atoms with E-state index < -0.39 is 11.9 Å². The van der Waals surface area contributed by atoms with E-state index in [0.717, 1.165) is 0 Å². The topological polar surface area (TPSA) is 67.9 Å². The van der Waals surface area contributed by atoms with E-state index >= 15 is 0 Å². The number of hydrogen-bond donors (Lipinski definition) is 1. The summed E-state index contributed by atoms with van der Waals surface area (Å²) >= 11 is 0. The Hall–Kier alpha value is -2.24. The maximum atomic E-state index is 13.0. The van der Waals surface area contributed by atoms with Gasteiger partial charge in [0.05, 0.1) is 6.61 Å². The molecule has 1 aromatic carbocycles. The number of aryl methyl sites for hydroxylation is 1. The van der Waals surface area contributed by atoms with Crippen molar-refractivity contribution in [2.24, 2.45) is 0 Å². The van der Waals surface area contributed by atoms with Crippen LogP contribution in [0.4, 0.5) is 4.39 Å². The second-order valence-corrected chi connectivity index (χ2v) is 4.23. The monoisotopic (exact) mass is 277 g/mol. The van der Waals surface area contributed by atoms with Gasteiger partial charge in [0.1, 0.15) is 17.6 Å². The quantitative estimate of drug-likeness (QED) is 0.851. The van der Waals surface area contributed by atoms with Crippen LogP contribution in [0.2, 0.25) is 0 Å². The molecule has 1 N–H and O–H groups in total. The van der Waals surface area contributed by atoms with Gasteiger partial charge in [-0.1, -0.05) is 19.1 Å². The van der Waals surface area contributed by atoms with E-state index in [1.54, 1.807) is 19.1 Å². The average Bonchev–Trinajstić information content (AvgIpc) is 2.90. The molecule has 0 spiro atoms. The number of benzene rings is 1. The van der Waals surface area contributed by atoms with E-state index in [9.17, 15) is 9.18 Å². The number of rotatable bonds is 5. The summed E-state index contributed by atoms with van der Waals surface area (Å²) in [6.45, 7) is 3.93. The molecule has 0 bridgehead atoms. The van der Waals surface area contributed by atoms with Gasteiger partial charge in [-0.25, -0.2) is 9.37 Å². The summed E-state index contributed by atoms with van der Waals surface area (Å²) in [5.41, 5.74) is 0.603. The minimum Gasteiger partial charge on any atom is -0.465 e. The van der Waals surface area contributed by atoms with Gasteiger partial charge < -0.3 is 4.74 Å². The highest BCUT2D eigenvalue weighted by Gasteiger charge is 2.28. The van der Waals surface area contributed by atoms with Gasteiger partial charge in [-0.2, -0.15) is 5.10 Å². The lowest BCUT2D eigenvalue weighted by atomic mass is 9.98. The summed E-state index contributed by atoms with van der Waals surface area (Å²) in [7, 11) is 0. The molecule has 0 saturated heterocycles. The first kappa shape index (κ1) is 14.2. The maximum absolute atomic E-state index is 13.0. The molecule has 2 aromatic rings. The van der Waals surface area contributed by atoms with Crippen molar-refractivity contribution in [1.29, 1.82) is 0 Å². The standard InChI is InChI=1S/C14H16FN3O2/c1-3-11-16-13(18-17-11)12(14(19)20-4-2)9-5-7-10(15)8-6-9/h5-8,12H,3-4H2,1-2H3,(H,16,17,18). The zero-order valence-electron chi connectivity index (χ0n) is 11.4. The molecule has 20 heavy (non-hydrogen) atoms. The molecule has 0 aliphatic rings. The summed E-state index contributed by atoms with van der Waals surface area (Å²) in [6.07, 6.45) is 0.686. The Morgan fingerprint density at radius 2 is 2.05 bits per heavy atom. The predicted molar refractivity (Wildman–Crippen MR) is 70.6 cm³/mol. The molecule has 0 aliphatic heterocycles. The Kier molecular flexibility index (Phi) is 4.45. The molecule has 106 valence electrons. The molecule has 0 aliphatic carbocycles. The molecule has 0 fully saturated rings. The van der Waals surface area contributed by atoms with E-state index in [-0.39, 0.29) is 12.4 Å². The van der Waals surface area contributed by atoms with Gasteiger partial charge in [0, 0.05) is 6.42 Å². The molecule has 0 radical (unpaired) electrons. The fourth-order valence-electron chi connectivity index (χ4n) is 1.87. The first-order chi connectivity index (χ1) is 9.65. The van der Waals surface area contributed by atoms with Crippen molar-refractivity contribution in [2.45, 2.75) is 26.2 Å². The number of hydrogen-bond acceptors (Lipinski definition) is 4. The molecule has 5 nitrogen and oxygen atoms in total. The van der Waals surface area contributed by atoms with Crippen molar-refractivity contribution in [3.05, 3.63) is 47.3 Å². The third kappa shape index (κ3) is 3.01. The fourth-order valence-corrected chi connectivity index (χ4v) is 1.87. The first-order valence-electron chi connectivity index (χ1n) is 6.49. The van der Waals surface area contributed by atoms with Gasteiger partial charge in [0.25, 0.3) is 0 Å². The third-order valence-corrected chi connectivity index (χ3v) is 2.87. The molecular weight excluding hydrogens is 261 g/mol. The number of H-pyrrole nitrogens is 1. The van der Waals surface area contributed by atoms with E-state index in [1.807, 2.05) is 6.92 Å². The highest BCUT2D eigenvalue weighted by atomic mass is 19.1. The Labute approximate surface area is 116 Å². The van der Waals surface area contributed by atoms with Crippen molar-refractivity contribution in [1.82, 2.24) is 15.2 Å². The van der Waals surface area contributed by atoms with Crippen LogP contribution in [-0.4, -0.2) is 27.8 Å². The van der Waals surface area contributed by atoms with Crippen molar-refractivity contribution in [2.75, 3.05) is 6.61 Å². The highest BCUT2D eigenvalue weighted by molar-refractivity contribution is 5.81. The van der Waals surface area contributed by atoms with Crippen LogP contribution in [0.25, 0.3) is 0 Å². The zero-order chi connectivity index (χ0) is 14.5. The Balaban J connectivity index is 2.38. The average molecular weight is 277 g/mol. The highest BCUT2D eigenvalue weighted by Crippen LogP contribution is 2.23. The Morgan fingerprint density at radius 1 is 1.35 bits per heavy atom. The van der Waals surface area contributed by atoms with Crippen LogP contribution < -0.4 is 0 Å². The minimum atomic E-state index is -0.743. The van der Waals surface area contributed by atoms with Gasteiger partial charge in [0.2, 0.25) is 0 Å². The smallest absolute Gasteiger partial charge is 0.321 e. The number of nitrogens with zero attached hydrogens (tertiary/aromatic N) is 2. The number of halogens is 1. The van der Waals surface area contributed by atoms with Crippen LogP contribution in [-0.2, 0) is 16.0 Å². The molecule has 6 heteroatoms. The molecule has 0 saturated carbocycles. The lowest BCUT2D eigenvalue weighted by Crippen LogP contribution is -2.18. The first-order valence-corrected chi connectivity index (χ1v) is 6.49. The number of carbonyl (C=O) groups excluding carboxylic acids is 1. The lowest BCUT2D eigenvalue weighted by molar-refractivity contribution is -0.144. The maximum Gasteiger partial charge on any atom is 0.321 e. The predicted octanol–water partition coefficient (Wildman–Crippen LogP) is 2.20. The minimum absolute atomic E-state index is 0.265. The molecule has 1 aromatic heterocycles. The number of aromatic amines is 1. The number of esters is 1. The van der Waals surface area contributed by atoms with Gasteiger partial charge in [-0.3, -0.25) is 9.89 Å². The number of nitrogens with one attached hydrogen (secondary N) is 1. The van der Waals surface area contributed by atoms with Crippen molar-refractivity contribution >= 4 is 5.97 Å². The van der Waals surface area contributed by atoms with Crippen molar-refractivity contribution in [3.63, 3.8) is 0 Å². The third-order valence-electron chi connectivity index (χ3n) is 2.87. The van der Waals surface area contributed by atoms with Gasteiger partial charge in [-0.05, 0) is 24.6 Å². The molecule has 2 rings (SSSR count). The lowest BCUT2D eigenvalue weighted by Gasteiger charge is -2.12. The van der Waals surface area contributed by atoms with Gasteiger partial charge >= 0.3 is 5.97 Å². The summed E-state index contributed by atoms with van der Waals surface area (Å²) in [4.78, 5) is 16.4. The van der Waals surface area contributed by atoms with Crippen molar-refractivity contribution in [3.8, 4) is 0 Å². The number of aromatic nitrogens is 3. The normalized spacial score (nSPS) is 12.2. The van der Waals surface area contributed by atoms with E-state index in [4.69, 9.17) is 4.74 Å². The van der Waals surface area contributed by atoms with Crippen LogP contribution in [0.3, 0.4) is 0 Å². The van der Waals surface area contributed by atoms with E-state index in [1.165, 1.54) is 12.1 Å². The molecular formula is C14H16FN3O2. The molecule has 0 amide bonds. The van der Waals surface area contributed by atoms with Crippen LogP contribution in [0.1, 0.15) is 37.0 Å². The van der Waals surface area contributed by atoms with Gasteiger partial charge in [0.15, 0.2) is 5.82 Å². The summed E-state index contributed by atoms with van der Waals surface area (Å²) < 4.78 is 18.1. The fraction of sp³-hybridized carbons (Fsp3) is 0.357. The van der Waals surface area contributed by atoms with E-state index in [2.05, 4.69) is 15.2 Å². The largest absolute Gasteiger partial charge is 0.465 e. The number of ether oxygens (including phenoxy) is 1. The molecule has 1 unspecified atom stereocenters. The van der Waals surface area contributed by atoms with Crippen LogP contribution in [0.15, 0.2) is 24.3 Å². The van der Waals surface area contributed by atoms with E-state index in [0.29, 0.717) is 23.6 Å². The number of carbonyl (C=O) groups is 1. The summed E-state index contributed by atoms with van der Waals surface area (Å²) in [5, 5.41) is 6.83. The second kappa shape index (κ2) is 6.27. The van der Waals surface area contributed by atoms with Crippen molar-refractivity contribution < 1.29 is 13.9 Å². The SMILES string of the molecule is CCOC(=O)C(c1ccc(F)cc1)c1n[nH]c(CC)n1. The summed E-state index contributed by atoms with van der Waals surface area (Å²) in [6, 6.07) is 5.68. The van der Waals surface area contributed by atoms with Crippen LogP contribution in [0, 0.1) is 5.82 Å². The zero-order valence-corrected chi connectivity index (χ0v) is 11.4. The van der Waals surface area contributed by atoms with Gasteiger partial charge in [-0.15, -0.1) is 0 Å². The second-order valence-electron chi connectivity index (χ2n) is 4.23.